The number of nitrogens with one attached hydrogen (secondary N) is 1. The zero-order valence-corrected chi connectivity index (χ0v) is 23.4. The van der Waals surface area contributed by atoms with E-state index in [-0.39, 0.29) is 13.2 Å². The van der Waals surface area contributed by atoms with Gasteiger partial charge in [-0.25, -0.2) is 4.57 Å². The summed E-state index contributed by atoms with van der Waals surface area (Å²) in [6.45, 7) is 7.88. The van der Waals surface area contributed by atoms with Crippen molar-refractivity contribution in [3.8, 4) is 0 Å². The number of rotatable bonds is 12. The fourth-order valence-electron chi connectivity index (χ4n) is 3.02. The van der Waals surface area contributed by atoms with Crippen LogP contribution in [0, 0.1) is 0 Å². The standard InChI is InChI=1S/C13H35N2O9PSi4/c1-15(2,3)10-12-19-25(16,17)18-11-9-14-8-7-13-29-22-26(4)20-28(6,24-29)21-27(5)23-29/h14,26-27H,7-13H2,1-6H3/p+1. The SMILES string of the molecule is C[SiH]1O[Si]2(C)O[SiH](C)O[Si](CCCNCCOP(=O)(O)OCC[N+](C)(C)C)(O1)O2. The molecule has 2 bridgehead atoms. The van der Waals surface area contributed by atoms with Gasteiger partial charge in [-0.3, -0.25) is 9.05 Å². The van der Waals surface area contributed by atoms with Gasteiger partial charge in [0.05, 0.1) is 27.7 Å². The second kappa shape index (κ2) is 10.5. The Morgan fingerprint density at radius 1 is 1.03 bits per heavy atom. The second-order valence-electron chi connectivity index (χ2n) is 8.26. The maximum absolute atomic E-state index is 11.8. The van der Waals surface area contributed by atoms with Crippen molar-refractivity contribution in [3.05, 3.63) is 0 Å². The van der Waals surface area contributed by atoms with Crippen LogP contribution in [0.1, 0.15) is 6.42 Å². The van der Waals surface area contributed by atoms with Crippen LogP contribution in [-0.2, 0) is 34.2 Å². The van der Waals surface area contributed by atoms with Gasteiger partial charge in [0.1, 0.15) is 13.2 Å². The highest BCUT2D eigenvalue weighted by Crippen LogP contribution is 2.42. The van der Waals surface area contributed by atoms with Gasteiger partial charge in [-0.1, -0.05) is 0 Å². The van der Waals surface area contributed by atoms with Gasteiger partial charge in [0, 0.05) is 19.1 Å². The Morgan fingerprint density at radius 2 is 1.62 bits per heavy atom. The monoisotopic (exact) mass is 507 g/mol. The third-order valence-electron chi connectivity index (χ3n) is 4.18. The van der Waals surface area contributed by atoms with Gasteiger partial charge in [-0.2, -0.15) is 0 Å². The number of fused-ring (bicyclic) bond motifs is 2. The van der Waals surface area contributed by atoms with E-state index in [9.17, 15) is 9.46 Å². The Bertz CT molecular complexity index is 571. The molecule has 2 N–H and O–H groups in total. The van der Waals surface area contributed by atoms with Gasteiger partial charge in [0.25, 0.3) is 0 Å². The molecule has 3 atom stereocenters. The van der Waals surface area contributed by atoms with E-state index < -0.39 is 44.0 Å². The number of phosphoric acid groups is 1. The maximum atomic E-state index is 11.8. The summed E-state index contributed by atoms with van der Waals surface area (Å²) < 4.78 is 52.4. The Kier molecular flexibility index (Phi) is 9.44. The van der Waals surface area contributed by atoms with E-state index in [0.29, 0.717) is 30.2 Å². The molecule has 0 aromatic heterocycles. The fraction of sp³-hybridized carbons (Fsp3) is 1.00. The van der Waals surface area contributed by atoms with Crippen LogP contribution in [0.25, 0.3) is 0 Å². The molecule has 2 rings (SSSR count). The van der Waals surface area contributed by atoms with Crippen molar-refractivity contribution >= 4 is 44.0 Å². The summed E-state index contributed by atoms with van der Waals surface area (Å²) in [4.78, 5) is 9.68. The Labute approximate surface area is 179 Å². The first kappa shape index (κ1) is 26.0. The van der Waals surface area contributed by atoms with Crippen molar-refractivity contribution < 1.29 is 43.6 Å². The Hall–Kier alpha value is 0.698. The van der Waals surface area contributed by atoms with Gasteiger partial charge in [0.15, 0.2) is 0 Å². The number of quaternary nitrogens is 1. The predicted molar refractivity (Wildman–Crippen MR) is 116 cm³/mol. The summed E-state index contributed by atoms with van der Waals surface area (Å²) in [5, 5.41) is 3.19. The summed E-state index contributed by atoms with van der Waals surface area (Å²) in [6, 6.07) is 0.706. The lowest BCUT2D eigenvalue weighted by Gasteiger charge is -2.50. The van der Waals surface area contributed by atoms with Crippen LogP contribution in [0.2, 0.25) is 25.7 Å². The number of phosphoric ester groups is 1. The van der Waals surface area contributed by atoms with Gasteiger partial charge in [-0.15, -0.1) is 0 Å². The smallest absolute Gasteiger partial charge is 0.397 e. The van der Waals surface area contributed by atoms with E-state index in [1.165, 1.54) is 0 Å². The van der Waals surface area contributed by atoms with Gasteiger partial charge >= 0.3 is 44.0 Å². The van der Waals surface area contributed by atoms with Crippen molar-refractivity contribution in [1.29, 1.82) is 0 Å². The largest absolute Gasteiger partial charge is 0.475 e. The van der Waals surface area contributed by atoms with Crippen LogP contribution in [-0.4, -0.2) is 99.5 Å². The normalized spacial score (nSPS) is 34.7. The molecular weight excluding hydrogens is 471 g/mol. The van der Waals surface area contributed by atoms with Crippen molar-refractivity contribution in [2.45, 2.75) is 32.1 Å². The average molecular weight is 508 g/mol. The van der Waals surface area contributed by atoms with Crippen molar-refractivity contribution in [2.75, 3.05) is 54.0 Å². The first-order valence-corrected chi connectivity index (χ1v) is 19.7. The van der Waals surface area contributed by atoms with E-state index in [1.54, 1.807) is 0 Å². The third kappa shape index (κ3) is 9.38. The summed E-state index contributed by atoms with van der Waals surface area (Å²) >= 11 is 0. The summed E-state index contributed by atoms with van der Waals surface area (Å²) in [5.41, 5.74) is 0. The topological polar surface area (TPSA) is 114 Å². The molecule has 0 spiro atoms. The molecule has 2 aliphatic rings. The van der Waals surface area contributed by atoms with Gasteiger partial charge in [0.2, 0.25) is 0 Å². The molecule has 0 saturated carbocycles. The number of likely N-dealkylation sites (N-methyl/N-ethyl adjacent to an activating group) is 1. The highest BCUT2D eigenvalue weighted by atomic mass is 31.2. The minimum atomic E-state index is -4.01. The van der Waals surface area contributed by atoms with E-state index in [1.807, 2.05) is 40.8 Å². The molecule has 16 heteroatoms. The molecule has 0 aliphatic carbocycles. The molecule has 2 fully saturated rings. The molecular formula is C13H36N2O9PSi4+. The Balaban J connectivity index is 1.61. The molecule has 0 amide bonds. The van der Waals surface area contributed by atoms with Gasteiger partial charge in [-0.05, 0) is 26.1 Å². The lowest BCUT2D eigenvalue weighted by molar-refractivity contribution is -0.870. The predicted octanol–water partition coefficient (Wildman–Crippen LogP) is 0.124. The third-order valence-corrected chi connectivity index (χ3v) is 20.5. The quantitative estimate of drug-likeness (QED) is 0.163. The number of hydrogen-bond donors (Lipinski definition) is 2. The molecule has 3 unspecified atom stereocenters. The van der Waals surface area contributed by atoms with E-state index >= 15 is 0 Å². The molecule has 29 heavy (non-hydrogen) atoms. The van der Waals surface area contributed by atoms with Gasteiger partial charge < -0.3 is 35.3 Å². The minimum Gasteiger partial charge on any atom is -0.397 e. The summed E-state index contributed by atoms with van der Waals surface area (Å²) in [7, 11) is -6.94. The van der Waals surface area contributed by atoms with Crippen molar-refractivity contribution in [2.24, 2.45) is 0 Å². The van der Waals surface area contributed by atoms with Crippen LogP contribution < -0.4 is 5.32 Å². The molecule has 0 aromatic carbocycles. The zero-order chi connectivity index (χ0) is 21.8. The highest BCUT2D eigenvalue weighted by Gasteiger charge is 2.61. The second-order valence-corrected chi connectivity index (χ2v) is 20.2. The first-order valence-electron chi connectivity index (χ1n) is 9.87. The lowest BCUT2D eigenvalue weighted by Crippen LogP contribution is -2.72. The van der Waals surface area contributed by atoms with E-state index in [4.69, 9.17) is 29.6 Å². The van der Waals surface area contributed by atoms with Crippen LogP contribution in [0.15, 0.2) is 0 Å². The summed E-state index contributed by atoms with van der Waals surface area (Å²) in [6.07, 6.45) is 0.801. The summed E-state index contributed by atoms with van der Waals surface area (Å²) in [5.74, 6) is 0. The molecule has 172 valence electrons. The van der Waals surface area contributed by atoms with Crippen LogP contribution in [0.4, 0.5) is 0 Å². The number of hydrogen-bond acceptors (Lipinski definition) is 9. The lowest BCUT2D eigenvalue weighted by atomic mass is 10.5. The molecule has 2 heterocycles. The average Bonchev–Trinajstić information content (AvgIpc) is 2.49. The first-order chi connectivity index (χ1) is 13.3. The zero-order valence-electron chi connectivity index (χ0n) is 18.2. The minimum absolute atomic E-state index is 0.0881. The number of nitrogens with zero attached hydrogens (tertiary/aromatic N) is 1. The van der Waals surface area contributed by atoms with Crippen LogP contribution in [0.5, 0.6) is 0 Å². The van der Waals surface area contributed by atoms with Crippen LogP contribution in [0.3, 0.4) is 0 Å². The van der Waals surface area contributed by atoms with Crippen molar-refractivity contribution in [3.63, 3.8) is 0 Å². The molecule has 0 radical (unpaired) electrons. The molecule has 11 nitrogen and oxygen atoms in total. The maximum Gasteiger partial charge on any atom is 0.475 e. The highest BCUT2D eigenvalue weighted by molar-refractivity contribution is 7.47. The fourth-order valence-corrected chi connectivity index (χ4v) is 22.0. The molecule has 2 saturated heterocycles. The molecule has 0 aromatic rings. The molecule has 2 aliphatic heterocycles. The van der Waals surface area contributed by atoms with E-state index in [0.717, 1.165) is 6.42 Å². The van der Waals surface area contributed by atoms with E-state index in [2.05, 4.69) is 5.32 Å². The van der Waals surface area contributed by atoms with Crippen molar-refractivity contribution in [1.82, 2.24) is 5.32 Å². The Morgan fingerprint density at radius 3 is 2.21 bits per heavy atom. The van der Waals surface area contributed by atoms with Crippen LogP contribution >= 0.6 is 7.82 Å².